The molecule has 1 aromatic carbocycles. The summed E-state index contributed by atoms with van der Waals surface area (Å²) in [7, 11) is -0.604. The molecule has 2 heterocycles. The van der Waals surface area contributed by atoms with Gasteiger partial charge in [-0.1, -0.05) is 44.5 Å². The molecule has 0 fully saturated rings. The summed E-state index contributed by atoms with van der Waals surface area (Å²) in [6, 6.07) is 9.61. The highest BCUT2D eigenvalue weighted by Gasteiger charge is 2.39. The van der Waals surface area contributed by atoms with Gasteiger partial charge >= 0.3 is 6.09 Å². The number of nitrogens with zero attached hydrogens (tertiary/aromatic N) is 4. The van der Waals surface area contributed by atoms with Crippen LogP contribution in [0.2, 0.25) is 23.2 Å². The van der Waals surface area contributed by atoms with Crippen LogP contribution in [0.25, 0.3) is 22.3 Å². The van der Waals surface area contributed by atoms with Crippen molar-refractivity contribution in [3.63, 3.8) is 0 Å². The third-order valence-corrected chi connectivity index (χ3v) is 11.5. The van der Waals surface area contributed by atoms with Crippen LogP contribution in [0.5, 0.6) is 5.75 Å². The number of benzene rings is 1. The lowest BCUT2D eigenvalue weighted by molar-refractivity contribution is 0.0794. The molecule has 1 N–H and O–H groups in total. The molecule has 0 aliphatic carbocycles. The number of pyridine rings is 1. The number of halogens is 1. The summed E-state index contributed by atoms with van der Waals surface area (Å²) in [5.41, 5.74) is 2.32. The number of hydrogen-bond acceptors (Lipinski definition) is 5. The van der Waals surface area contributed by atoms with Crippen LogP contribution < -0.4 is 4.74 Å². The first kappa shape index (κ1) is 28.0. The van der Waals surface area contributed by atoms with Crippen LogP contribution >= 0.6 is 11.6 Å². The van der Waals surface area contributed by atoms with E-state index in [-0.39, 0.29) is 24.2 Å². The molecule has 10 heteroatoms. The molecule has 0 saturated carbocycles. The van der Waals surface area contributed by atoms with Crippen molar-refractivity contribution in [3.8, 4) is 17.0 Å². The van der Waals surface area contributed by atoms with Gasteiger partial charge in [0.25, 0.3) is 0 Å². The quantitative estimate of drug-likeness (QED) is 0.308. The number of rotatable bonds is 9. The Balaban J connectivity index is 1.84. The van der Waals surface area contributed by atoms with Gasteiger partial charge in [0.2, 0.25) is 0 Å². The number of likely N-dealkylation sites (N-methyl/N-ethyl adjacent to an activating group) is 1. The smallest absolute Gasteiger partial charge is 0.407 e. The number of carbonyl (C=O) groups is 1. The highest BCUT2D eigenvalue weighted by Crippen LogP contribution is 2.37. The molecule has 8 nitrogen and oxygen atoms in total. The molecule has 0 aliphatic heterocycles. The summed E-state index contributed by atoms with van der Waals surface area (Å²) in [5.74, 6) is 0.643. The second-order valence-corrected chi connectivity index (χ2v) is 16.1. The van der Waals surface area contributed by atoms with Gasteiger partial charge in [-0.3, -0.25) is 0 Å². The third-order valence-electron chi connectivity index (χ3n) is 6.64. The maximum atomic E-state index is 11.5. The fourth-order valence-electron chi connectivity index (χ4n) is 3.54. The van der Waals surface area contributed by atoms with Gasteiger partial charge in [-0.15, -0.1) is 0 Å². The molecule has 0 spiro atoms. The molecule has 1 unspecified atom stereocenters. The highest BCUT2D eigenvalue weighted by molar-refractivity contribution is 6.74. The van der Waals surface area contributed by atoms with Gasteiger partial charge < -0.3 is 19.2 Å². The Morgan fingerprint density at radius 1 is 1.25 bits per heavy atom. The Hall–Kier alpha value is -2.62. The lowest BCUT2D eigenvalue weighted by Crippen LogP contribution is -2.49. The number of hydrogen-bond donors (Lipinski definition) is 1. The van der Waals surface area contributed by atoms with Gasteiger partial charge in [-0.2, -0.15) is 5.10 Å². The molecule has 3 aromatic rings. The lowest BCUT2D eigenvalue weighted by Gasteiger charge is -2.39. The van der Waals surface area contributed by atoms with E-state index >= 15 is 0 Å². The van der Waals surface area contributed by atoms with Gasteiger partial charge in [-0.05, 0) is 50.2 Å². The maximum Gasteiger partial charge on any atom is 0.407 e. The van der Waals surface area contributed by atoms with Crippen LogP contribution in [0, 0.1) is 0 Å². The second-order valence-electron chi connectivity index (χ2n) is 10.9. The van der Waals surface area contributed by atoms with Crippen molar-refractivity contribution in [3.05, 3.63) is 41.6 Å². The number of carboxylic acid groups (broad SMARTS) is 1. The van der Waals surface area contributed by atoms with E-state index in [1.54, 1.807) is 13.2 Å². The first-order valence-corrected chi connectivity index (χ1v) is 15.4. The predicted octanol–water partition coefficient (Wildman–Crippen LogP) is 6.71. The molecule has 36 heavy (non-hydrogen) atoms. The molecule has 3 rings (SSSR count). The first-order valence-electron chi connectivity index (χ1n) is 12.1. The fourth-order valence-corrected chi connectivity index (χ4v) is 5.11. The van der Waals surface area contributed by atoms with Crippen LogP contribution in [-0.4, -0.2) is 65.5 Å². The average Bonchev–Trinajstić information content (AvgIpc) is 3.21. The summed E-state index contributed by atoms with van der Waals surface area (Å²) >= 11 is 6.55. The SMILES string of the molecule is CC(C)n1ncc2c(Cl)cc(-c3cccc(OCC(CN(C)C(=O)O)O[Si](C)(C)C(C)(C)C)c3)nc21. The van der Waals surface area contributed by atoms with Crippen LogP contribution in [-0.2, 0) is 4.43 Å². The summed E-state index contributed by atoms with van der Waals surface area (Å²) in [4.78, 5) is 17.5. The van der Waals surface area contributed by atoms with Gasteiger partial charge in [-0.25, -0.2) is 14.5 Å². The van der Waals surface area contributed by atoms with Crippen LogP contribution in [0.1, 0.15) is 40.7 Å². The third kappa shape index (κ3) is 6.38. The van der Waals surface area contributed by atoms with Crippen LogP contribution in [0.3, 0.4) is 0 Å². The topological polar surface area (TPSA) is 89.7 Å². The van der Waals surface area contributed by atoms with E-state index in [1.807, 2.05) is 48.9 Å². The number of fused-ring (bicyclic) bond motifs is 1. The maximum absolute atomic E-state index is 11.5. The second kappa shape index (κ2) is 10.8. The number of ether oxygens (including phenoxy) is 1. The Kier molecular flexibility index (Phi) is 8.37. The predicted molar refractivity (Wildman–Crippen MR) is 147 cm³/mol. The van der Waals surface area contributed by atoms with E-state index in [4.69, 9.17) is 25.7 Å². The zero-order chi connectivity index (χ0) is 26.8. The van der Waals surface area contributed by atoms with Gasteiger partial charge in [0.15, 0.2) is 14.0 Å². The number of amides is 1. The van der Waals surface area contributed by atoms with Crippen LogP contribution in [0.4, 0.5) is 4.79 Å². The minimum atomic E-state index is -2.14. The Morgan fingerprint density at radius 3 is 2.56 bits per heavy atom. The molecule has 0 radical (unpaired) electrons. The monoisotopic (exact) mass is 532 g/mol. The molecule has 0 bridgehead atoms. The van der Waals surface area contributed by atoms with E-state index < -0.39 is 20.5 Å². The van der Waals surface area contributed by atoms with E-state index in [0.717, 1.165) is 22.3 Å². The molecule has 0 saturated heterocycles. The molecule has 196 valence electrons. The van der Waals surface area contributed by atoms with Gasteiger partial charge in [0.05, 0.1) is 34.9 Å². The van der Waals surface area contributed by atoms with Crippen molar-refractivity contribution in [1.82, 2.24) is 19.7 Å². The molecular weight excluding hydrogens is 496 g/mol. The van der Waals surface area contributed by atoms with E-state index in [0.29, 0.717) is 10.8 Å². The molecule has 1 amide bonds. The first-order chi connectivity index (χ1) is 16.7. The Morgan fingerprint density at radius 2 is 1.94 bits per heavy atom. The summed E-state index contributed by atoms with van der Waals surface area (Å²) < 4.78 is 14.5. The summed E-state index contributed by atoms with van der Waals surface area (Å²) in [6.07, 6.45) is 0.338. The van der Waals surface area contributed by atoms with Crippen molar-refractivity contribution in [2.75, 3.05) is 20.2 Å². The zero-order valence-corrected chi connectivity index (χ0v) is 24.1. The van der Waals surface area contributed by atoms with Crippen LogP contribution in [0.15, 0.2) is 36.5 Å². The molecular formula is C26H37ClN4O4Si. The highest BCUT2D eigenvalue weighted by atomic mass is 35.5. The average molecular weight is 533 g/mol. The van der Waals surface area contributed by atoms with Crippen molar-refractivity contribution in [1.29, 1.82) is 0 Å². The van der Waals surface area contributed by atoms with Gasteiger partial charge in [0, 0.05) is 18.7 Å². The van der Waals surface area contributed by atoms with Crippen molar-refractivity contribution in [2.24, 2.45) is 0 Å². The zero-order valence-electron chi connectivity index (χ0n) is 22.4. The Bertz CT molecular complexity index is 1220. The lowest BCUT2D eigenvalue weighted by atomic mass is 10.1. The molecule has 0 aliphatic rings. The normalized spacial score (nSPS) is 13.3. The Labute approximate surface area is 219 Å². The van der Waals surface area contributed by atoms with Crippen molar-refractivity contribution in [2.45, 2.75) is 64.9 Å². The summed E-state index contributed by atoms with van der Waals surface area (Å²) in [5, 5.41) is 15.2. The molecule has 2 aromatic heterocycles. The van der Waals surface area contributed by atoms with Crippen molar-refractivity contribution >= 4 is 37.0 Å². The minimum Gasteiger partial charge on any atom is -0.491 e. The summed E-state index contributed by atoms with van der Waals surface area (Å²) in [6.45, 7) is 15.3. The number of aromatic nitrogens is 3. The largest absolute Gasteiger partial charge is 0.491 e. The minimum absolute atomic E-state index is 0.0148. The van der Waals surface area contributed by atoms with Crippen molar-refractivity contribution < 1.29 is 19.1 Å². The van der Waals surface area contributed by atoms with E-state index in [9.17, 15) is 9.90 Å². The fraction of sp³-hybridized carbons (Fsp3) is 0.500. The van der Waals surface area contributed by atoms with E-state index in [1.165, 1.54) is 4.90 Å². The standard InChI is InChI=1S/C26H37ClN4O4Si/c1-17(2)31-24-21(14-28-31)22(27)13-23(29-24)18-10-9-11-19(12-18)34-16-20(15-30(6)25(32)33)35-36(7,8)26(3,4)5/h9-14,17,20H,15-16H2,1-8H3,(H,32,33). The van der Waals surface area contributed by atoms with Gasteiger partial charge in [0.1, 0.15) is 12.4 Å². The molecule has 1 atom stereocenters. The van der Waals surface area contributed by atoms with E-state index in [2.05, 4.69) is 39.0 Å².